The van der Waals surface area contributed by atoms with E-state index < -0.39 is 28.9 Å². The van der Waals surface area contributed by atoms with Gasteiger partial charge in [-0.25, -0.2) is 13.6 Å². The second-order valence-corrected chi connectivity index (χ2v) is 7.02. The zero-order valence-corrected chi connectivity index (χ0v) is 18.1. The van der Waals surface area contributed by atoms with E-state index in [9.17, 15) is 23.2 Å². The molecule has 0 unspecified atom stereocenters. The number of benzene rings is 2. The largest absolute Gasteiger partial charge is 0.482 e. The molecule has 0 fully saturated rings. The van der Waals surface area contributed by atoms with Crippen LogP contribution >= 0.6 is 0 Å². The van der Waals surface area contributed by atoms with E-state index in [4.69, 9.17) is 9.47 Å². The summed E-state index contributed by atoms with van der Waals surface area (Å²) in [7, 11) is 1.17. The molecule has 9 heteroatoms. The van der Waals surface area contributed by atoms with Crippen LogP contribution in [-0.2, 0) is 24.4 Å². The fourth-order valence-electron chi connectivity index (χ4n) is 3.16. The lowest BCUT2D eigenvalue weighted by atomic mass is 10.1. The Bertz CT molecular complexity index is 1230. The number of rotatable bonds is 8. The number of hydrogen-bond donors (Lipinski definition) is 1. The molecule has 3 rings (SSSR count). The lowest BCUT2D eigenvalue weighted by molar-refractivity contribution is 0.0580. The first kappa shape index (κ1) is 23.6. The number of carbonyl (C=O) groups excluding carboxylic acids is 2. The first-order valence-corrected chi connectivity index (χ1v) is 10.1. The number of ether oxygens (including phenoxy) is 2. The Morgan fingerprint density at radius 3 is 2.45 bits per heavy atom. The molecule has 33 heavy (non-hydrogen) atoms. The molecule has 0 aliphatic carbocycles. The molecular weight excluding hydrogens is 434 g/mol. The van der Waals surface area contributed by atoms with Crippen LogP contribution in [0.2, 0.25) is 0 Å². The van der Waals surface area contributed by atoms with E-state index in [1.54, 1.807) is 31.2 Å². The van der Waals surface area contributed by atoms with Crippen molar-refractivity contribution in [1.29, 1.82) is 0 Å². The van der Waals surface area contributed by atoms with Crippen molar-refractivity contribution in [2.24, 2.45) is 0 Å². The summed E-state index contributed by atoms with van der Waals surface area (Å²) >= 11 is 0. The van der Waals surface area contributed by atoms with Crippen LogP contribution in [0.5, 0.6) is 5.75 Å². The average molecular weight is 456 g/mol. The molecule has 172 valence electrons. The van der Waals surface area contributed by atoms with E-state index in [1.807, 2.05) is 6.07 Å². The topological polar surface area (TPSA) is 86.6 Å². The number of aromatic nitrogens is 1. The summed E-state index contributed by atoms with van der Waals surface area (Å²) in [6.07, 6.45) is 1.22. The van der Waals surface area contributed by atoms with E-state index in [0.717, 1.165) is 11.6 Å². The third-order valence-electron chi connectivity index (χ3n) is 4.88. The Kier molecular flexibility index (Phi) is 7.55. The number of nitrogens with one attached hydrogen (secondary N) is 1. The molecule has 2 aromatic carbocycles. The Morgan fingerprint density at radius 2 is 1.82 bits per heavy atom. The smallest absolute Gasteiger partial charge is 0.358 e. The van der Waals surface area contributed by atoms with Gasteiger partial charge < -0.3 is 19.4 Å². The lowest BCUT2D eigenvalue weighted by Crippen LogP contribution is -2.32. The normalized spacial score (nSPS) is 10.5. The first-order chi connectivity index (χ1) is 15.8. The summed E-state index contributed by atoms with van der Waals surface area (Å²) in [4.78, 5) is 38.3. The molecule has 0 saturated carbocycles. The summed E-state index contributed by atoms with van der Waals surface area (Å²) in [5.74, 6) is -3.49. The quantitative estimate of drug-likeness (QED) is 0.525. The van der Waals surface area contributed by atoms with Gasteiger partial charge in [0, 0.05) is 30.9 Å². The molecule has 1 amide bonds. The number of esters is 1. The van der Waals surface area contributed by atoms with Crippen molar-refractivity contribution in [3.05, 3.63) is 99.0 Å². The molecule has 0 spiro atoms. The maximum absolute atomic E-state index is 13.9. The average Bonchev–Trinajstić information content (AvgIpc) is 2.82. The fraction of sp³-hybridized carbons (Fsp3) is 0.208. The van der Waals surface area contributed by atoms with Crippen LogP contribution in [-0.4, -0.2) is 23.6 Å². The van der Waals surface area contributed by atoms with Crippen molar-refractivity contribution in [1.82, 2.24) is 9.88 Å². The van der Waals surface area contributed by atoms with E-state index in [1.165, 1.54) is 23.9 Å². The van der Waals surface area contributed by atoms with Gasteiger partial charge in [-0.15, -0.1) is 0 Å². The van der Waals surface area contributed by atoms with Crippen LogP contribution in [0.15, 0.2) is 59.5 Å². The highest BCUT2D eigenvalue weighted by Crippen LogP contribution is 2.19. The van der Waals surface area contributed by atoms with Gasteiger partial charge in [-0.05, 0) is 18.6 Å². The highest BCUT2D eigenvalue weighted by molar-refractivity contribution is 5.96. The van der Waals surface area contributed by atoms with Gasteiger partial charge >= 0.3 is 5.97 Å². The second kappa shape index (κ2) is 10.5. The Balaban J connectivity index is 1.96. The van der Waals surface area contributed by atoms with Gasteiger partial charge in [-0.1, -0.05) is 36.4 Å². The molecule has 0 aliphatic rings. The summed E-state index contributed by atoms with van der Waals surface area (Å²) in [6, 6.07) is 11.9. The summed E-state index contributed by atoms with van der Waals surface area (Å²) in [5.41, 5.74) is -0.435. The van der Waals surface area contributed by atoms with Crippen molar-refractivity contribution in [2.75, 3.05) is 7.11 Å². The SMILES string of the molecule is CCn1cc(C(=O)NCc2ccc(F)cc2F)c(=O)c(OCc2ccccc2)c1C(=O)OC. The Hall–Kier alpha value is -4.01. The van der Waals surface area contributed by atoms with Crippen molar-refractivity contribution in [3.8, 4) is 5.75 Å². The number of amides is 1. The molecule has 0 atom stereocenters. The number of carbonyl (C=O) groups is 2. The Labute approximate surface area is 188 Å². The maximum Gasteiger partial charge on any atom is 0.358 e. The van der Waals surface area contributed by atoms with E-state index in [0.29, 0.717) is 6.07 Å². The Morgan fingerprint density at radius 1 is 1.09 bits per heavy atom. The zero-order chi connectivity index (χ0) is 24.0. The zero-order valence-electron chi connectivity index (χ0n) is 18.1. The summed E-state index contributed by atoms with van der Waals surface area (Å²) < 4.78 is 38.8. The van der Waals surface area contributed by atoms with Crippen LogP contribution < -0.4 is 15.5 Å². The van der Waals surface area contributed by atoms with Crippen molar-refractivity contribution in [3.63, 3.8) is 0 Å². The summed E-state index contributed by atoms with van der Waals surface area (Å²) in [6.45, 7) is 1.66. The van der Waals surface area contributed by atoms with Crippen molar-refractivity contribution in [2.45, 2.75) is 26.6 Å². The first-order valence-electron chi connectivity index (χ1n) is 10.1. The van der Waals surface area contributed by atoms with Crippen LogP contribution in [0.4, 0.5) is 8.78 Å². The monoisotopic (exact) mass is 456 g/mol. The number of hydrogen-bond acceptors (Lipinski definition) is 5. The molecule has 0 bridgehead atoms. The molecule has 0 saturated heterocycles. The maximum atomic E-state index is 13.9. The molecule has 3 aromatic rings. The second-order valence-electron chi connectivity index (χ2n) is 7.02. The van der Waals surface area contributed by atoms with Gasteiger partial charge in [0.15, 0.2) is 11.4 Å². The van der Waals surface area contributed by atoms with E-state index in [-0.39, 0.29) is 42.3 Å². The molecular formula is C24H22F2N2O5. The number of aryl methyl sites for hydroxylation is 1. The van der Waals surface area contributed by atoms with Crippen LogP contribution in [0.1, 0.15) is 38.9 Å². The standard InChI is InChI=1S/C24H22F2N2O5/c1-3-28-13-18(23(30)27-12-16-9-10-17(25)11-19(16)26)21(29)22(20(28)24(31)32-2)33-14-15-7-5-4-6-8-15/h4-11,13H,3,12,14H2,1-2H3,(H,27,30). The highest BCUT2D eigenvalue weighted by Gasteiger charge is 2.26. The molecule has 1 N–H and O–H groups in total. The van der Waals surface area contributed by atoms with Gasteiger partial charge in [0.1, 0.15) is 23.8 Å². The van der Waals surface area contributed by atoms with Crippen LogP contribution in [0.25, 0.3) is 0 Å². The number of methoxy groups -OCH3 is 1. The minimum atomic E-state index is -0.825. The van der Waals surface area contributed by atoms with Crippen molar-refractivity contribution < 1.29 is 27.8 Å². The predicted octanol–water partition coefficient (Wildman–Crippen LogP) is 3.44. The lowest BCUT2D eigenvalue weighted by Gasteiger charge is -2.17. The fourth-order valence-corrected chi connectivity index (χ4v) is 3.16. The van der Waals surface area contributed by atoms with Gasteiger partial charge in [0.25, 0.3) is 5.91 Å². The molecule has 7 nitrogen and oxygen atoms in total. The number of pyridine rings is 1. The third-order valence-corrected chi connectivity index (χ3v) is 4.88. The van der Waals surface area contributed by atoms with E-state index in [2.05, 4.69) is 5.32 Å². The molecule has 0 radical (unpaired) electrons. The van der Waals surface area contributed by atoms with Crippen LogP contribution in [0, 0.1) is 11.6 Å². The number of halogens is 2. The van der Waals surface area contributed by atoms with E-state index >= 15 is 0 Å². The molecule has 0 aliphatic heterocycles. The van der Waals surface area contributed by atoms with Crippen molar-refractivity contribution >= 4 is 11.9 Å². The minimum Gasteiger partial charge on any atom is -0.482 e. The van der Waals surface area contributed by atoms with Gasteiger partial charge in [-0.2, -0.15) is 0 Å². The number of nitrogens with zero attached hydrogens (tertiary/aromatic N) is 1. The van der Waals surface area contributed by atoms with Gasteiger partial charge in [-0.3, -0.25) is 9.59 Å². The van der Waals surface area contributed by atoms with Crippen LogP contribution in [0.3, 0.4) is 0 Å². The summed E-state index contributed by atoms with van der Waals surface area (Å²) in [5, 5.41) is 2.44. The minimum absolute atomic E-state index is 0.0182. The van der Waals surface area contributed by atoms with Gasteiger partial charge in [0.05, 0.1) is 7.11 Å². The van der Waals surface area contributed by atoms with Gasteiger partial charge in [0.2, 0.25) is 5.43 Å². The molecule has 1 aromatic heterocycles. The molecule has 1 heterocycles. The predicted molar refractivity (Wildman–Crippen MR) is 116 cm³/mol. The third kappa shape index (κ3) is 5.43. The highest BCUT2D eigenvalue weighted by atomic mass is 19.1.